The van der Waals surface area contributed by atoms with Crippen molar-refractivity contribution in [2.24, 2.45) is 0 Å². The lowest BCUT2D eigenvalue weighted by Gasteiger charge is -2.22. The van der Waals surface area contributed by atoms with Crippen LogP contribution in [0.4, 0.5) is 0 Å². The minimum atomic E-state index is -1.13. The van der Waals surface area contributed by atoms with Crippen molar-refractivity contribution in [2.75, 3.05) is 7.05 Å². The maximum atomic E-state index is 12.6. The summed E-state index contributed by atoms with van der Waals surface area (Å²) >= 11 is 6.10. The molecule has 2 heterocycles. The van der Waals surface area contributed by atoms with Gasteiger partial charge in [0.25, 0.3) is 0 Å². The Morgan fingerprint density at radius 3 is 2.74 bits per heavy atom. The van der Waals surface area contributed by atoms with E-state index in [-0.39, 0.29) is 18.1 Å². The maximum Gasteiger partial charge on any atom is 0.354 e. The summed E-state index contributed by atoms with van der Waals surface area (Å²) in [5.74, 6) is -1.40. The van der Waals surface area contributed by atoms with Crippen molar-refractivity contribution in [2.45, 2.75) is 33.0 Å². The summed E-state index contributed by atoms with van der Waals surface area (Å²) in [4.78, 5) is 25.2. The van der Waals surface area contributed by atoms with E-state index in [4.69, 9.17) is 16.7 Å². The second-order valence-corrected chi connectivity index (χ2v) is 5.50. The van der Waals surface area contributed by atoms with Crippen LogP contribution in [0.5, 0.6) is 0 Å². The van der Waals surface area contributed by atoms with Crippen molar-refractivity contribution < 1.29 is 14.7 Å². The molecule has 0 aliphatic rings. The number of carbonyl (C=O) groups is 2. The number of carboxylic acids is 1. The summed E-state index contributed by atoms with van der Waals surface area (Å²) in [6.45, 7) is 4.46. The average Bonchev–Trinajstić information content (AvgIpc) is 3.13. The van der Waals surface area contributed by atoms with Crippen LogP contribution in [0.15, 0.2) is 18.5 Å². The number of nitrogens with zero attached hydrogens (tertiary/aromatic N) is 5. The van der Waals surface area contributed by atoms with E-state index in [2.05, 4.69) is 10.2 Å². The van der Waals surface area contributed by atoms with Gasteiger partial charge in [0.15, 0.2) is 0 Å². The lowest BCUT2D eigenvalue weighted by Crippen LogP contribution is -2.34. The van der Waals surface area contributed by atoms with Gasteiger partial charge in [0, 0.05) is 19.8 Å². The number of carbonyl (C=O) groups excluding carboxylic acids is 1. The van der Waals surface area contributed by atoms with E-state index >= 15 is 0 Å². The van der Waals surface area contributed by atoms with Crippen LogP contribution < -0.4 is 0 Å². The highest BCUT2D eigenvalue weighted by atomic mass is 35.5. The molecule has 1 unspecified atom stereocenters. The van der Waals surface area contributed by atoms with Gasteiger partial charge in [-0.3, -0.25) is 9.48 Å². The van der Waals surface area contributed by atoms with E-state index in [0.29, 0.717) is 11.6 Å². The third-order valence-electron chi connectivity index (χ3n) is 3.57. The lowest BCUT2D eigenvalue weighted by molar-refractivity contribution is -0.133. The molecule has 1 amide bonds. The average molecular weight is 340 g/mol. The zero-order chi connectivity index (χ0) is 17.1. The summed E-state index contributed by atoms with van der Waals surface area (Å²) in [6.07, 6.45) is 2.90. The second-order valence-electron chi connectivity index (χ2n) is 5.09. The third kappa shape index (κ3) is 3.37. The Balaban J connectivity index is 2.17. The molecular weight excluding hydrogens is 322 g/mol. The molecule has 0 aliphatic heterocycles. The first-order chi connectivity index (χ1) is 10.9. The van der Waals surface area contributed by atoms with E-state index in [0.717, 1.165) is 5.69 Å². The SMILES string of the molecule is CCn1ncc(Cl)c1CN(C)C(=O)C(C)n1nccc1C(=O)O. The van der Waals surface area contributed by atoms with Crippen LogP contribution in [0.3, 0.4) is 0 Å². The number of amides is 1. The zero-order valence-corrected chi connectivity index (χ0v) is 13.9. The molecule has 23 heavy (non-hydrogen) atoms. The lowest BCUT2D eigenvalue weighted by atomic mass is 10.2. The quantitative estimate of drug-likeness (QED) is 0.864. The van der Waals surface area contributed by atoms with Crippen molar-refractivity contribution in [1.29, 1.82) is 0 Å². The van der Waals surface area contributed by atoms with Gasteiger partial charge in [0.1, 0.15) is 11.7 Å². The van der Waals surface area contributed by atoms with Gasteiger partial charge >= 0.3 is 5.97 Å². The largest absolute Gasteiger partial charge is 0.477 e. The van der Waals surface area contributed by atoms with Gasteiger partial charge in [-0.15, -0.1) is 0 Å². The molecule has 2 aromatic rings. The Bertz CT molecular complexity index is 724. The van der Waals surface area contributed by atoms with Crippen molar-refractivity contribution in [1.82, 2.24) is 24.5 Å². The molecule has 0 aromatic carbocycles. The molecular formula is C14H18ClN5O3. The predicted molar refractivity (Wildman–Crippen MR) is 83.3 cm³/mol. The van der Waals surface area contributed by atoms with Crippen LogP contribution in [-0.2, 0) is 17.9 Å². The first-order valence-electron chi connectivity index (χ1n) is 7.08. The number of aromatic carboxylic acids is 1. The Hall–Kier alpha value is -2.35. The summed E-state index contributed by atoms with van der Waals surface area (Å²) in [5.41, 5.74) is 0.701. The number of hydrogen-bond acceptors (Lipinski definition) is 4. The van der Waals surface area contributed by atoms with Crippen molar-refractivity contribution >= 4 is 23.5 Å². The fourth-order valence-corrected chi connectivity index (χ4v) is 2.54. The monoisotopic (exact) mass is 339 g/mol. The predicted octanol–water partition coefficient (Wildman–Crippen LogP) is 1.67. The van der Waals surface area contributed by atoms with Gasteiger partial charge in [0.2, 0.25) is 5.91 Å². The molecule has 0 saturated carbocycles. The fourth-order valence-electron chi connectivity index (χ4n) is 2.34. The van der Waals surface area contributed by atoms with Crippen LogP contribution in [0.1, 0.15) is 36.1 Å². The minimum Gasteiger partial charge on any atom is -0.477 e. The molecule has 0 radical (unpaired) electrons. The fraction of sp³-hybridized carbons (Fsp3) is 0.429. The molecule has 0 saturated heterocycles. The summed E-state index contributed by atoms with van der Waals surface area (Å²) in [5, 5.41) is 17.7. The van der Waals surface area contributed by atoms with Crippen molar-refractivity contribution in [3.8, 4) is 0 Å². The molecule has 8 nitrogen and oxygen atoms in total. The Labute approximate surface area is 138 Å². The number of carboxylic acid groups (broad SMARTS) is 1. The molecule has 2 rings (SSSR count). The van der Waals surface area contributed by atoms with Crippen LogP contribution in [-0.4, -0.2) is 48.5 Å². The molecule has 9 heteroatoms. The van der Waals surface area contributed by atoms with Gasteiger partial charge < -0.3 is 10.0 Å². The molecule has 2 aromatic heterocycles. The van der Waals surface area contributed by atoms with Crippen LogP contribution in [0.25, 0.3) is 0 Å². The van der Waals surface area contributed by atoms with Crippen LogP contribution in [0.2, 0.25) is 5.02 Å². The smallest absolute Gasteiger partial charge is 0.354 e. The van der Waals surface area contributed by atoms with E-state index in [1.165, 1.54) is 28.0 Å². The summed E-state index contributed by atoms with van der Waals surface area (Å²) in [7, 11) is 1.63. The Morgan fingerprint density at radius 2 is 2.13 bits per heavy atom. The standard InChI is InChI=1S/C14H18ClN5O3/c1-4-19-12(10(15)7-17-19)8-18(3)13(21)9(2)20-11(14(22)23)5-6-16-20/h5-7,9H,4,8H2,1-3H3,(H,22,23). The normalized spacial score (nSPS) is 12.2. The molecule has 1 atom stereocenters. The van der Waals surface area contributed by atoms with Crippen LogP contribution in [0, 0.1) is 0 Å². The van der Waals surface area contributed by atoms with E-state index in [1.807, 2.05) is 6.92 Å². The second kappa shape index (κ2) is 6.82. The number of halogens is 1. The van der Waals surface area contributed by atoms with E-state index in [1.54, 1.807) is 18.7 Å². The molecule has 124 valence electrons. The molecule has 0 bridgehead atoms. The highest BCUT2D eigenvalue weighted by Crippen LogP contribution is 2.19. The van der Waals surface area contributed by atoms with E-state index in [9.17, 15) is 9.59 Å². The van der Waals surface area contributed by atoms with Crippen LogP contribution >= 0.6 is 11.6 Å². The van der Waals surface area contributed by atoms with Gasteiger partial charge in [-0.25, -0.2) is 9.48 Å². The minimum absolute atomic E-state index is 0.0316. The highest BCUT2D eigenvalue weighted by molar-refractivity contribution is 6.31. The number of rotatable bonds is 6. The Morgan fingerprint density at radius 1 is 1.43 bits per heavy atom. The summed E-state index contributed by atoms with van der Waals surface area (Å²) in [6, 6.07) is 0.618. The molecule has 0 fully saturated rings. The van der Waals surface area contributed by atoms with Gasteiger partial charge in [0.05, 0.1) is 23.5 Å². The van der Waals surface area contributed by atoms with Gasteiger partial charge in [-0.05, 0) is 19.9 Å². The number of likely N-dealkylation sites (N-methyl/N-ethyl adjacent to an activating group) is 1. The first kappa shape index (κ1) is 17.0. The number of aromatic nitrogens is 4. The molecule has 0 spiro atoms. The number of hydrogen-bond donors (Lipinski definition) is 1. The Kier molecular flexibility index (Phi) is 5.05. The molecule has 0 aliphatic carbocycles. The van der Waals surface area contributed by atoms with Crippen molar-refractivity contribution in [3.05, 3.63) is 34.9 Å². The number of aryl methyl sites for hydroxylation is 1. The topological polar surface area (TPSA) is 93.3 Å². The maximum absolute atomic E-state index is 12.6. The van der Waals surface area contributed by atoms with Gasteiger partial charge in [-0.1, -0.05) is 11.6 Å². The molecule has 1 N–H and O–H groups in total. The first-order valence-corrected chi connectivity index (χ1v) is 7.46. The third-order valence-corrected chi connectivity index (χ3v) is 3.89. The van der Waals surface area contributed by atoms with Crippen molar-refractivity contribution in [3.63, 3.8) is 0 Å². The zero-order valence-electron chi connectivity index (χ0n) is 13.1. The summed E-state index contributed by atoms with van der Waals surface area (Å²) < 4.78 is 2.91. The highest BCUT2D eigenvalue weighted by Gasteiger charge is 2.25. The van der Waals surface area contributed by atoms with E-state index < -0.39 is 12.0 Å². The van der Waals surface area contributed by atoms with Gasteiger partial charge in [-0.2, -0.15) is 10.2 Å².